The Bertz CT molecular complexity index is 117. The van der Waals surface area contributed by atoms with Crippen LogP contribution in [0.3, 0.4) is 0 Å². The largest absolute Gasteiger partial charge is 0.360 e. The molecule has 0 aliphatic rings. The summed E-state index contributed by atoms with van der Waals surface area (Å²) in [5, 5.41) is 12.9. The maximum atomic E-state index is 9.76. The average Bonchev–Trinajstić information content (AvgIpc) is 1.86. The van der Waals surface area contributed by atoms with Crippen molar-refractivity contribution in [2.75, 3.05) is 0 Å². The van der Waals surface area contributed by atoms with Crippen molar-refractivity contribution in [3.63, 3.8) is 0 Å². The Morgan fingerprint density at radius 1 is 1.71 bits per heavy atom. The van der Waals surface area contributed by atoms with Crippen molar-refractivity contribution in [1.29, 1.82) is 0 Å². The van der Waals surface area contributed by atoms with Crippen LogP contribution in [0.5, 0.6) is 0 Å². The van der Waals surface area contributed by atoms with E-state index in [9.17, 15) is 5.21 Å². The van der Waals surface area contributed by atoms with E-state index in [4.69, 9.17) is 0 Å². The van der Waals surface area contributed by atoms with Gasteiger partial charge in [0, 0.05) is 5.16 Å². The Morgan fingerprint density at radius 2 is 2.43 bits per heavy atom. The van der Waals surface area contributed by atoms with E-state index in [2.05, 4.69) is 9.79 Å². The molecule has 1 aromatic heterocycles. The Morgan fingerprint density at radius 3 is 2.57 bits per heavy atom. The molecule has 1 rings (SSSR count). The Labute approximate surface area is 82.4 Å². The number of hydrogen-bond donors (Lipinski definition) is 0. The predicted molar refractivity (Wildman–Crippen MR) is 22.6 cm³/mol. The summed E-state index contributed by atoms with van der Waals surface area (Å²) in [5.74, 6) is 0. The molecule has 0 unspecified atom stereocenters. The van der Waals surface area contributed by atoms with Crippen LogP contribution in [0.1, 0.15) is 0 Å². The van der Waals surface area contributed by atoms with Crippen LogP contribution in [-0.2, 0) is 0 Å². The van der Waals surface area contributed by atoms with Gasteiger partial charge in [-0.1, -0.05) is 0 Å². The topological polar surface area (TPSA) is 53.0 Å². The van der Waals surface area contributed by atoms with Crippen molar-refractivity contribution in [3.8, 4) is 0 Å². The maximum Gasteiger partial charge on any atom is 0.205 e. The van der Waals surface area contributed by atoms with Crippen LogP contribution in [-0.4, -0.2) is 56.5 Å². The van der Waals surface area contributed by atoms with Gasteiger partial charge in [0.05, 0.1) is 0 Å². The molecular weight excluding hydrogens is 123 g/mol. The van der Waals surface area contributed by atoms with Crippen LogP contribution in [0, 0.1) is 5.21 Å². The minimum absolute atomic E-state index is 0. The number of nitrogens with zero attached hydrogens (tertiary/aromatic N) is 2. The standard InChI is InChI=1S/C2H2N2O2.K.H/c5-4-2-1-3-6-4;;/h1-2H;;. The summed E-state index contributed by atoms with van der Waals surface area (Å²) in [6.07, 6.45) is 2.44. The van der Waals surface area contributed by atoms with Gasteiger partial charge >= 0.3 is 51.4 Å². The SMILES string of the molecule is [KH].[O-][n+]1ccno1. The third-order valence-corrected chi connectivity index (χ3v) is 0.377. The molecule has 0 fully saturated rings. The monoisotopic (exact) mass is 126 g/mol. The van der Waals surface area contributed by atoms with Crippen molar-refractivity contribution in [1.82, 2.24) is 5.16 Å². The summed E-state index contributed by atoms with van der Waals surface area (Å²) in [6.45, 7) is 0. The fourth-order valence-corrected chi connectivity index (χ4v) is 0.183. The molecule has 0 saturated heterocycles. The molecule has 1 aromatic rings. The second kappa shape index (κ2) is 3.56. The zero-order chi connectivity index (χ0) is 4.41. The number of aromatic nitrogens is 2. The summed E-state index contributed by atoms with van der Waals surface area (Å²) >= 11 is 0. The first-order chi connectivity index (χ1) is 2.89. The van der Waals surface area contributed by atoms with E-state index < -0.39 is 0 Å². The maximum absolute atomic E-state index is 9.76. The van der Waals surface area contributed by atoms with E-state index >= 15 is 0 Å². The van der Waals surface area contributed by atoms with Crippen LogP contribution < -0.4 is 4.90 Å². The third-order valence-electron chi connectivity index (χ3n) is 0.377. The van der Waals surface area contributed by atoms with Gasteiger partial charge in [0.25, 0.3) is 0 Å². The molecule has 0 aromatic carbocycles. The molecule has 0 spiro atoms. The van der Waals surface area contributed by atoms with Crippen LogP contribution >= 0.6 is 0 Å². The molecular formula is C2H3KN2O2. The molecule has 0 aliphatic carbocycles. The number of hydrogen-bond acceptors (Lipinski definition) is 3. The minimum atomic E-state index is 0. The van der Waals surface area contributed by atoms with Crippen molar-refractivity contribution in [2.45, 2.75) is 0 Å². The van der Waals surface area contributed by atoms with Gasteiger partial charge in [-0.3, -0.25) is 4.63 Å². The van der Waals surface area contributed by atoms with Gasteiger partial charge in [-0.2, -0.15) is 0 Å². The van der Waals surface area contributed by atoms with Crippen molar-refractivity contribution < 1.29 is 9.53 Å². The third kappa shape index (κ3) is 2.40. The van der Waals surface area contributed by atoms with Gasteiger partial charge < -0.3 is 5.21 Å². The summed E-state index contributed by atoms with van der Waals surface area (Å²) < 4.78 is 3.94. The normalized spacial score (nSPS) is 7.43. The van der Waals surface area contributed by atoms with E-state index in [0.29, 0.717) is 0 Å². The zero-order valence-electron chi connectivity index (χ0n) is 2.87. The smallest absolute Gasteiger partial charge is 0.205 e. The van der Waals surface area contributed by atoms with E-state index in [0.717, 1.165) is 0 Å². The summed E-state index contributed by atoms with van der Waals surface area (Å²) in [7, 11) is 0. The van der Waals surface area contributed by atoms with Gasteiger partial charge in [-0.05, 0) is 4.90 Å². The van der Waals surface area contributed by atoms with Gasteiger partial charge in [-0.15, -0.1) is 0 Å². The molecule has 0 amide bonds. The Balaban J connectivity index is 0.000000360. The molecule has 5 heteroatoms. The van der Waals surface area contributed by atoms with Crippen molar-refractivity contribution in [2.24, 2.45) is 0 Å². The Kier molecular flexibility index (Phi) is 3.86. The summed E-state index contributed by atoms with van der Waals surface area (Å²) in [4.78, 5) is 0.264. The average molecular weight is 126 g/mol. The van der Waals surface area contributed by atoms with Gasteiger partial charge in [0.15, 0.2) is 6.20 Å². The molecule has 0 bridgehead atoms. The van der Waals surface area contributed by atoms with E-state index in [1.165, 1.54) is 12.4 Å². The second-order valence-electron chi connectivity index (χ2n) is 0.771. The molecule has 7 heavy (non-hydrogen) atoms. The first kappa shape index (κ1) is 7.58. The molecule has 4 nitrogen and oxygen atoms in total. The first-order valence-electron chi connectivity index (χ1n) is 1.40. The van der Waals surface area contributed by atoms with Crippen LogP contribution in [0.25, 0.3) is 0 Å². The first-order valence-corrected chi connectivity index (χ1v) is 1.40. The molecule has 1 heterocycles. The van der Waals surface area contributed by atoms with Gasteiger partial charge in [0.1, 0.15) is 0 Å². The predicted octanol–water partition coefficient (Wildman–Crippen LogP) is -1.34. The van der Waals surface area contributed by atoms with E-state index in [1.54, 1.807) is 0 Å². The quantitative estimate of drug-likeness (QED) is 0.319. The van der Waals surface area contributed by atoms with Gasteiger partial charge in [0.2, 0.25) is 6.20 Å². The fourth-order valence-electron chi connectivity index (χ4n) is 0.183. The van der Waals surface area contributed by atoms with Crippen LogP contribution in [0.15, 0.2) is 17.0 Å². The van der Waals surface area contributed by atoms with Crippen LogP contribution in [0.2, 0.25) is 0 Å². The van der Waals surface area contributed by atoms with E-state index in [1.807, 2.05) is 0 Å². The number of rotatable bonds is 0. The molecule has 0 aliphatic heterocycles. The van der Waals surface area contributed by atoms with E-state index in [-0.39, 0.29) is 56.3 Å². The van der Waals surface area contributed by atoms with Crippen molar-refractivity contribution >= 4 is 51.4 Å². The molecule has 34 valence electrons. The molecule has 0 saturated carbocycles. The minimum Gasteiger partial charge on any atom is -0.360 e. The summed E-state index contributed by atoms with van der Waals surface area (Å²) in [5.41, 5.74) is 0. The molecule has 0 N–H and O–H groups in total. The van der Waals surface area contributed by atoms with Gasteiger partial charge in [-0.25, -0.2) is 0 Å². The second-order valence-corrected chi connectivity index (χ2v) is 0.771. The summed E-state index contributed by atoms with van der Waals surface area (Å²) in [6, 6.07) is 0. The fraction of sp³-hybridized carbons (Fsp3) is 0. The van der Waals surface area contributed by atoms with Crippen molar-refractivity contribution in [3.05, 3.63) is 17.6 Å². The Hall–Kier alpha value is 0.576. The molecule has 0 radical (unpaired) electrons. The molecule has 0 atom stereocenters. The van der Waals surface area contributed by atoms with Crippen LogP contribution in [0.4, 0.5) is 0 Å². The zero-order valence-corrected chi connectivity index (χ0v) is 2.87.